The fourth-order valence-electron chi connectivity index (χ4n) is 10.8. The number of alkyl halides is 3. The van der Waals surface area contributed by atoms with E-state index in [0.717, 1.165) is 44.8 Å². The Morgan fingerprint density at radius 2 is 0.903 bits per heavy atom. The molecule has 0 saturated carbocycles. The zero-order valence-electron chi connectivity index (χ0n) is 33.7. The number of aryl methyl sites for hydroxylation is 2. The minimum atomic E-state index is -4.64. The van der Waals surface area contributed by atoms with Gasteiger partial charge in [0.15, 0.2) is 0 Å². The fourth-order valence-corrected chi connectivity index (χ4v) is 10.8. The molecule has 0 amide bonds. The third-order valence-electron chi connectivity index (χ3n) is 13.2. The number of fused-ring (bicyclic) bond motifs is 8. The first kappa shape index (κ1) is 36.1. The van der Waals surface area contributed by atoms with Gasteiger partial charge >= 0.3 is 6.18 Å². The van der Waals surface area contributed by atoms with Crippen LogP contribution in [0.4, 0.5) is 13.2 Å². The lowest BCUT2D eigenvalue weighted by atomic mass is 9.84. The van der Waals surface area contributed by atoms with Crippen molar-refractivity contribution in [2.75, 3.05) is 0 Å². The third kappa shape index (κ3) is 5.03. The predicted molar refractivity (Wildman–Crippen MR) is 252 cm³/mol. The Morgan fingerprint density at radius 1 is 0.371 bits per heavy atom. The highest BCUT2D eigenvalue weighted by molar-refractivity contribution is 6.45. The summed E-state index contributed by atoms with van der Waals surface area (Å²) in [5, 5.41) is 26.6. The van der Waals surface area contributed by atoms with E-state index in [4.69, 9.17) is 0 Å². The van der Waals surface area contributed by atoms with E-state index >= 15 is 0 Å². The number of nitrogens with zero attached hydrogens (tertiary/aromatic N) is 1. The van der Waals surface area contributed by atoms with Gasteiger partial charge < -0.3 is 0 Å². The van der Waals surface area contributed by atoms with Crippen molar-refractivity contribution in [2.24, 2.45) is 0 Å². The Hall–Kier alpha value is -7.74. The summed E-state index contributed by atoms with van der Waals surface area (Å²) in [6.45, 7) is 4.07. The van der Waals surface area contributed by atoms with Crippen molar-refractivity contribution >= 4 is 75.4 Å². The Morgan fingerprint density at radius 3 is 1.56 bits per heavy atom. The van der Waals surface area contributed by atoms with Crippen molar-refractivity contribution in [1.29, 1.82) is 5.26 Å². The van der Waals surface area contributed by atoms with Gasteiger partial charge in [-0.25, -0.2) is 0 Å². The lowest BCUT2D eigenvalue weighted by Crippen LogP contribution is -2.08. The molecule has 0 radical (unpaired) electrons. The molecule has 4 heteroatoms. The first-order chi connectivity index (χ1) is 30.2. The molecule has 292 valence electrons. The predicted octanol–water partition coefficient (Wildman–Crippen LogP) is 16.8. The number of hydrogen-bond acceptors (Lipinski definition) is 1. The SMILES string of the molecule is Cc1cc(-c2ccc(C#N)c(C(F)(F)F)c2)cc(C)c1-c1ccc2c3c(-c4ccccc4)c4c(cc5c6ccccc6c6cccc4c65)c(-c4ccccc4)c3c3cccc1c32. The maximum atomic E-state index is 14.0. The molecule has 0 aromatic heterocycles. The van der Waals surface area contributed by atoms with Crippen LogP contribution >= 0.6 is 0 Å². The molecule has 0 aliphatic rings. The molecule has 0 saturated heterocycles. The normalized spacial score (nSPS) is 12.3. The highest BCUT2D eigenvalue weighted by Crippen LogP contribution is 2.55. The molecular formula is C58H34F3N. The quantitative estimate of drug-likeness (QED) is 0.163. The van der Waals surface area contributed by atoms with Crippen molar-refractivity contribution in [3.05, 3.63) is 192 Å². The van der Waals surface area contributed by atoms with Crippen molar-refractivity contribution in [1.82, 2.24) is 0 Å². The largest absolute Gasteiger partial charge is 0.417 e. The van der Waals surface area contributed by atoms with Gasteiger partial charge in [0, 0.05) is 0 Å². The number of nitriles is 1. The average Bonchev–Trinajstić information content (AvgIpc) is 3.80. The van der Waals surface area contributed by atoms with Gasteiger partial charge in [-0.15, -0.1) is 0 Å². The van der Waals surface area contributed by atoms with E-state index in [0.29, 0.717) is 11.1 Å². The average molecular weight is 802 g/mol. The van der Waals surface area contributed by atoms with E-state index in [2.05, 4.69) is 140 Å². The summed E-state index contributed by atoms with van der Waals surface area (Å²) in [4.78, 5) is 0. The van der Waals surface area contributed by atoms with E-state index in [9.17, 15) is 18.4 Å². The summed E-state index contributed by atoms with van der Waals surface area (Å²) in [6.07, 6.45) is -4.64. The van der Waals surface area contributed by atoms with E-state index in [1.54, 1.807) is 12.1 Å². The van der Waals surface area contributed by atoms with Gasteiger partial charge in [0.25, 0.3) is 0 Å². The summed E-state index contributed by atoms with van der Waals surface area (Å²) >= 11 is 0. The standard InChI is InChI=1S/C58H34F3N/c1-32-27-38(36-23-24-37(31-62)49(29-36)58(59,60)61)28-33(2)50(32)43-25-26-46-53-42(43)20-12-22-45(53)56-51(34-13-5-3-6-14-34)48-30-47-40-18-10-9-17-39(40)41-19-11-21-44(54(41)47)55(48)52(57(46)56)35-15-7-4-8-16-35/h3-30H,1-2H3. The highest BCUT2D eigenvalue weighted by Gasteiger charge is 2.34. The van der Waals surface area contributed by atoms with Crippen LogP contribution in [0, 0.1) is 25.2 Å². The van der Waals surface area contributed by atoms with Gasteiger partial charge in [-0.05, 0) is 163 Å². The second-order valence-electron chi connectivity index (χ2n) is 16.6. The van der Waals surface area contributed by atoms with Crippen LogP contribution in [0.15, 0.2) is 170 Å². The topological polar surface area (TPSA) is 23.8 Å². The number of benzene rings is 10. The molecule has 0 unspecified atom stereocenters. The van der Waals surface area contributed by atoms with Crippen molar-refractivity contribution in [2.45, 2.75) is 20.0 Å². The molecule has 0 fully saturated rings. The van der Waals surface area contributed by atoms with Gasteiger partial charge in [-0.1, -0.05) is 152 Å². The summed E-state index contributed by atoms with van der Waals surface area (Å²) in [5.41, 5.74) is 8.59. The monoisotopic (exact) mass is 801 g/mol. The molecule has 12 aromatic rings. The maximum Gasteiger partial charge on any atom is 0.417 e. The first-order valence-corrected chi connectivity index (χ1v) is 20.8. The Kier molecular flexibility index (Phi) is 7.65. The summed E-state index contributed by atoms with van der Waals surface area (Å²) < 4.78 is 42.1. The minimum Gasteiger partial charge on any atom is -0.192 e. The van der Waals surface area contributed by atoms with Crippen LogP contribution in [-0.4, -0.2) is 0 Å². The van der Waals surface area contributed by atoms with Crippen LogP contribution in [0.5, 0.6) is 0 Å². The van der Waals surface area contributed by atoms with Crippen molar-refractivity contribution in [3.63, 3.8) is 0 Å². The second kappa shape index (κ2) is 13.1. The summed E-state index contributed by atoms with van der Waals surface area (Å²) in [7, 11) is 0. The molecule has 12 rings (SSSR count). The molecule has 0 bridgehead atoms. The fraction of sp³-hybridized carbons (Fsp3) is 0.0517. The van der Waals surface area contributed by atoms with Crippen molar-refractivity contribution < 1.29 is 13.2 Å². The van der Waals surface area contributed by atoms with Gasteiger partial charge in [0.05, 0.1) is 17.2 Å². The molecule has 0 N–H and O–H groups in total. The van der Waals surface area contributed by atoms with E-state index in [1.165, 1.54) is 87.2 Å². The van der Waals surface area contributed by atoms with E-state index in [1.807, 2.05) is 26.0 Å². The summed E-state index contributed by atoms with van der Waals surface area (Å²) in [6, 6.07) is 60.4. The zero-order chi connectivity index (χ0) is 42.0. The molecule has 0 spiro atoms. The molecule has 0 atom stereocenters. The second-order valence-corrected chi connectivity index (χ2v) is 16.6. The Labute approximate surface area is 355 Å². The van der Waals surface area contributed by atoms with Gasteiger partial charge in [0.1, 0.15) is 0 Å². The Bertz CT molecular complexity index is 3830. The van der Waals surface area contributed by atoms with Crippen LogP contribution in [-0.2, 0) is 6.18 Å². The first-order valence-electron chi connectivity index (χ1n) is 20.8. The van der Waals surface area contributed by atoms with E-state index in [-0.39, 0.29) is 5.56 Å². The molecule has 1 nitrogen and oxygen atoms in total. The smallest absolute Gasteiger partial charge is 0.192 e. The highest BCUT2D eigenvalue weighted by atomic mass is 19.4. The molecule has 12 aromatic carbocycles. The molecule has 0 aliphatic carbocycles. The molecular weight excluding hydrogens is 768 g/mol. The number of hydrogen-bond donors (Lipinski definition) is 0. The number of rotatable bonds is 4. The zero-order valence-corrected chi connectivity index (χ0v) is 33.7. The van der Waals surface area contributed by atoms with Crippen LogP contribution < -0.4 is 0 Å². The van der Waals surface area contributed by atoms with Crippen LogP contribution in [0.1, 0.15) is 22.3 Å². The van der Waals surface area contributed by atoms with Gasteiger partial charge in [-0.2, -0.15) is 18.4 Å². The maximum absolute atomic E-state index is 14.0. The lowest BCUT2D eigenvalue weighted by Gasteiger charge is -2.19. The Balaban J connectivity index is 1.21. The van der Waals surface area contributed by atoms with Crippen LogP contribution in [0.25, 0.3) is 120 Å². The van der Waals surface area contributed by atoms with Crippen LogP contribution in [0.3, 0.4) is 0 Å². The molecule has 62 heavy (non-hydrogen) atoms. The summed E-state index contributed by atoms with van der Waals surface area (Å²) in [5.74, 6) is 0. The lowest BCUT2D eigenvalue weighted by molar-refractivity contribution is -0.137. The molecule has 0 aliphatic heterocycles. The minimum absolute atomic E-state index is 0.383. The van der Waals surface area contributed by atoms with Crippen molar-refractivity contribution in [3.8, 4) is 50.6 Å². The third-order valence-corrected chi connectivity index (χ3v) is 13.2. The molecule has 0 heterocycles. The van der Waals surface area contributed by atoms with Gasteiger partial charge in [0.2, 0.25) is 0 Å². The van der Waals surface area contributed by atoms with E-state index < -0.39 is 11.7 Å². The van der Waals surface area contributed by atoms with Gasteiger partial charge in [-0.3, -0.25) is 0 Å². The number of halogens is 3. The van der Waals surface area contributed by atoms with Crippen LogP contribution in [0.2, 0.25) is 0 Å².